The molecule has 0 fully saturated rings. The first-order chi connectivity index (χ1) is 9.94. The molecule has 0 unspecified atom stereocenters. The lowest BCUT2D eigenvalue weighted by molar-refractivity contribution is 0.340. The number of anilines is 1. The maximum absolute atomic E-state index is 11.8. The van der Waals surface area contributed by atoms with Gasteiger partial charge in [0.15, 0.2) is 0 Å². The fraction of sp³-hybridized carbons (Fsp3) is 0.308. The van der Waals surface area contributed by atoms with Crippen molar-refractivity contribution in [2.75, 3.05) is 18.1 Å². The number of ether oxygens (including phenoxy) is 1. The smallest absolute Gasteiger partial charge is 0.215 e. The summed E-state index contributed by atoms with van der Waals surface area (Å²) in [6.07, 6.45) is 1.53. The van der Waals surface area contributed by atoms with E-state index >= 15 is 0 Å². The summed E-state index contributed by atoms with van der Waals surface area (Å²) < 4.78 is 36.5. The van der Waals surface area contributed by atoms with Crippen LogP contribution in [0.25, 0.3) is 0 Å². The van der Waals surface area contributed by atoms with Gasteiger partial charge >= 0.3 is 0 Å². The standard InChI is InChI=1S/C13H17N3O4S/c1-10-8-15-13(20-10)9-16-21(17,18)6-5-19-12-4-2-3-11(14)7-12/h2-4,7-8,16H,5-6,9,14H2,1H3. The summed E-state index contributed by atoms with van der Waals surface area (Å²) in [6.45, 7) is 1.79. The van der Waals surface area contributed by atoms with E-state index in [4.69, 9.17) is 14.9 Å². The molecule has 8 heteroatoms. The highest BCUT2D eigenvalue weighted by molar-refractivity contribution is 7.89. The molecule has 1 aromatic carbocycles. The molecule has 1 heterocycles. The number of oxazole rings is 1. The molecule has 114 valence electrons. The molecule has 0 saturated carbocycles. The highest BCUT2D eigenvalue weighted by atomic mass is 32.2. The molecule has 2 aromatic rings. The quantitative estimate of drug-likeness (QED) is 0.740. The van der Waals surface area contributed by atoms with Crippen LogP contribution >= 0.6 is 0 Å². The van der Waals surface area contributed by atoms with E-state index in [0.717, 1.165) is 0 Å². The van der Waals surface area contributed by atoms with Gasteiger partial charge in [0.1, 0.15) is 18.1 Å². The number of rotatable bonds is 7. The summed E-state index contributed by atoms with van der Waals surface area (Å²) >= 11 is 0. The molecule has 2 rings (SSSR count). The molecular formula is C13H17N3O4S. The monoisotopic (exact) mass is 311 g/mol. The Morgan fingerprint density at radius 1 is 1.43 bits per heavy atom. The Hall–Kier alpha value is -2.06. The second kappa shape index (κ2) is 6.59. The second-order valence-electron chi connectivity index (χ2n) is 4.43. The number of benzene rings is 1. The SMILES string of the molecule is Cc1cnc(CNS(=O)(=O)CCOc2cccc(N)c2)o1. The van der Waals surface area contributed by atoms with Gasteiger partial charge in [0, 0.05) is 11.8 Å². The van der Waals surface area contributed by atoms with E-state index in [2.05, 4.69) is 9.71 Å². The van der Waals surface area contributed by atoms with E-state index < -0.39 is 10.0 Å². The minimum Gasteiger partial charge on any atom is -0.492 e. The Morgan fingerprint density at radius 2 is 2.24 bits per heavy atom. The molecule has 0 radical (unpaired) electrons. The van der Waals surface area contributed by atoms with Crippen LogP contribution in [0.3, 0.4) is 0 Å². The molecule has 0 amide bonds. The van der Waals surface area contributed by atoms with Crippen molar-refractivity contribution >= 4 is 15.7 Å². The van der Waals surface area contributed by atoms with Gasteiger partial charge in [-0.3, -0.25) is 0 Å². The molecular weight excluding hydrogens is 294 g/mol. The third-order valence-electron chi connectivity index (χ3n) is 2.59. The lowest BCUT2D eigenvalue weighted by Gasteiger charge is -2.08. The molecule has 0 saturated heterocycles. The Labute approximate surface area is 123 Å². The molecule has 0 aliphatic carbocycles. The third kappa shape index (κ3) is 5.09. The number of aryl methyl sites for hydroxylation is 1. The molecule has 0 spiro atoms. The van der Waals surface area contributed by atoms with E-state index in [0.29, 0.717) is 23.1 Å². The Morgan fingerprint density at radius 3 is 2.90 bits per heavy atom. The minimum atomic E-state index is -3.46. The average Bonchev–Trinajstić information content (AvgIpc) is 2.82. The van der Waals surface area contributed by atoms with Crippen molar-refractivity contribution in [3.05, 3.63) is 42.1 Å². The summed E-state index contributed by atoms with van der Waals surface area (Å²) in [5.41, 5.74) is 6.16. The first-order valence-corrected chi connectivity index (χ1v) is 7.97. The molecule has 0 aliphatic heterocycles. The van der Waals surface area contributed by atoms with Crippen molar-refractivity contribution < 1.29 is 17.6 Å². The van der Waals surface area contributed by atoms with Gasteiger partial charge in [0.05, 0.1) is 18.5 Å². The fourth-order valence-corrected chi connectivity index (χ4v) is 2.39. The van der Waals surface area contributed by atoms with Crippen molar-refractivity contribution in [1.29, 1.82) is 0 Å². The predicted molar refractivity (Wildman–Crippen MR) is 78.2 cm³/mol. The van der Waals surface area contributed by atoms with E-state index in [9.17, 15) is 8.42 Å². The summed E-state index contributed by atoms with van der Waals surface area (Å²) in [6, 6.07) is 6.81. The summed E-state index contributed by atoms with van der Waals surface area (Å²) in [7, 11) is -3.46. The largest absolute Gasteiger partial charge is 0.492 e. The molecule has 21 heavy (non-hydrogen) atoms. The molecule has 7 nitrogen and oxygen atoms in total. The van der Waals surface area contributed by atoms with Gasteiger partial charge in [-0.25, -0.2) is 18.1 Å². The van der Waals surface area contributed by atoms with Gasteiger partial charge in [-0.15, -0.1) is 0 Å². The van der Waals surface area contributed by atoms with Crippen LogP contribution in [0.4, 0.5) is 5.69 Å². The number of nitrogens with zero attached hydrogens (tertiary/aromatic N) is 1. The van der Waals surface area contributed by atoms with E-state index in [-0.39, 0.29) is 18.9 Å². The lowest BCUT2D eigenvalue weighted by Crippen LogP contribution is -2.28. The predicted octanol–water partition coefficient (Wildman–Crippen LogP) is 1.06. The van der Waals surface area contributed by atoms with Crippen LogP contribution in [-0.2, 0) is 16.6 Å². The van der Waals surface area contributed by atoms with E-state index in [1.807, 2.05) is 0 Å². The molecule has 1 aromatic heterocycles. The number of hydrogen-bond acceptors (Lipinski definition) is 6. The summed E-state index contributed by atoms with van der Waals surface area (Å²) in [4.78, 5) is 3.92. The Balaban J connectivity index is 1.78. The topological polar surface area (TPSA) is 107 Å². The van der Waals surface area contributed by atoms with Gasteiger partial charge < -0.3 is 14.9 Å². The number of nitrogens with one attached hydrogen (secondary N) is 1. The fourth-order valence-electron chi connectivity index (χ4n) is 1.60. The molecule has 0 atom stereocenters. The second-order valence-corrected chi connectivity index (χ2v) is 6.35. The third-order valence-corrected chi connectivity index (χ3v) is 3.88. The van der Waals surface area contributed by atoms with Gasteiger partial charge in [0.25, 0.3) is 0 Å². The number of hydrogen-bond donors (Lipinski definition) is 2. The molecule has 3 N–H and O–H groups in total. The van der Waals surface area contributed by atoms with Crippen LogP contribution in [-0.4, -0.2) is 25.8 Å². The molecule has 0 aliphatic rings. The van der Waals surface area contributed by atoms with Crippen LogP contribution in [0.5, 0.6) is 5.75 Å². The highest BCUT2D eigenvalue weighted by Gasteiger charge is 2.12. The maximum Gasteiger partial charge on any atom is 0.215 e. The van der Waals surface area contributed by atoms with Crippen LogP contribution in [0, 0.1) is 6.92 Å². The van der Waals surface area contributed by atoms with Crippen LogP contribution < -0.4 is 15.2 Å². The first kappa shape index (κ1) is 15.3. The highest BCUT2D eigenvalue weighted by Crippen LogP contribution is 2.14. The zero-order valence-corrected chi connectivity index (χ0v) is 12.4. The zero-order chi connectivity index (χ0) is 15.3. The number of sulfonamides is 1. The molecule has 0 bridgehead atoms. The number of aromatic nitrogens is 1. The summed E-state index contributed by atoms with van der Waals surface area (Å²) in [5, 5.41) is 0. The number of nitrogen functional groups attached to an aromatic ring is 1. The van der Waals surface area contributed by atoms with Crippen molar-refractivity contribution in [2.24, 2.45) is 0 Å². The van der Waals surface area contributed by atoms with Crippen molar-refractivity contribution in [2.45, 2.75) is 13.5 Å². The van der Waals surface area contributed by atoms with Crippen LogP contribution in [0.1, 0.15) is 11.7 Å². The first-order valence-electron chi connectivity index (χ1n) is 6.31. The lowest BCUT2D eigenvalue weighted by atomic mass is 10.3. The van der Waals surface area contributed by atoms with Crippen LogP contribution in [0.15, 0.2) is 34.9 Å². The normalized spacial score (nSPS) is 11.5. The average molecular weight is 311 g/mol. The van der Waals surface area contributed by atoms with E-state index in [1.54, 1.807) is 31.2 Å². The van der Waals surface area contributed by atoms with Gasteiger partial charge in [-0.2, -0.15) is 0 Å². The van der Waals surface area contributed by atoms with Gasteiger partial charge in [0.2, 0.25) is 15.9 Å². The Kier molecular flexibility index (Phi) is 4.81. The zero-order valence-electron chi connectivity index (χ0n) is 11.6. The van der Waals surface area contributed by atoms with Crippen molar-refractivity contribution in [3.8, 4) is 5.75 Å². The maximum atomic E-state index is 11.8. The van der Waals surface area contributed by atoms with Crippen molar-refractivity contribution in [3.63, 3.8) is 0 Å². The van der Waals surface area contributed by atoms with Crippen molar-refractivity contribution in [1.82, 2.24) is 9.71 Å². The van der Waals surface area contributed by atoms with E-state index in [1.165, 1.54) is 6.20 Å². The van der Waals surface area contributed by atoms with Gasteiger partial charge in [-0.1, -0.05) is 6.07 Å². The minimum absolute atomic E-state index is 0.0223. The van der Waals surface area contributed by atoms with Gasteiger partial charge in [-0.05, 0) is 19.1 Å². The number of nitrogens with two attached hydrogens (primary N) is 1. The summed E-state index contributed by atoms with van der Waals surface area (Å²) in [5.74, 6) is 1.33. The van der Waals surface area contributed by atoms with Crippen LogP contribution in [0.2, 0.25) is 0 Å². The Bertz CT molecular complexity index is 697.